The van der Waals surface area contributed by atoms with Gasteiger partial charge in [0.25, 0.3) is 0 Å². The van der Waals surface area contributed by atoms with Crippen molar-refractivity contribution in [2.24, 2.45) is 0 Å². The molecule has 0 saturated carbocycles. The Morgan fingerprint density at radius 1 is 0.380 bits per heavy atom. The first-order valence-electron chi connectivity index (χ1n) is 16.7. The fourth-order valence-electron chi connectivity index (χ4n) is 7.14. The molecule has 50 heavy (non-hydrogen) atoms. The molecule has 10 rings (SSSR count). The van der Waals surface area contributed by atoms with Crippen molar-refractivity contribution >= 4 is 43.7 Å². The summed E-state index contributed by atoms with van der Waals surface area (Å²) in [7, 11) is 0. The van der Waals surface area contributed by atoms with Crippen LogP contribution < -0.4 is 0 Å². The molecule has 0 amide bonds. The van der Waals surface area contributed by atoms with Crippen LogP contribution in [0.15, 0.2) is 174 Å². The molecule has 0 spiro atoms. The van der Waals surface area contributed by atoms with Crippen LogP contribution in [0.4, 0.5) is 0 Å². The van der Waals surface area contributed by atoms with Gasteiger partial charge in [0, 0.05) is 43.9 Å². The largest absolute Gasteiger partial charge is 0.456 e. The minimum absolute atomic E-state index is 0.639. The highest BCUT2D eigenvalue weighted by atomic mass is 16.3. The molecule has 0 unspecified atom stereocenters. The Labute approximate surface area is 287 Å². The first-order chi connectivity index (χ1) is 24.8. The molecule has 0 radical (unpaired) electrons. The summed E-state index contributed by atoms with van der Waals surface area (Å²) in [4.78, 5) is 15.1. The molecule has 0 bridgehead atoms. The van der Waals surface area contributed by atoms with E-state index >= 15 is 0 Å². The van der Waals surface area contributed by atoms with E-state index in [0.29, 0.717) is 17.5 Å². The van der Waals surface area contributed by atoms with Crippen LogP contribution in [0.25, 0.3) is 94.7 Å². The Morgan fingerprint density at radius 2 is 0.960 bits per heavy atom. The molecule has 7 aromatic carbocycles. The molecule has 0 saturated heterocycles. The van der Waals surface area contributed by atoms with Crippen molar-refractivity contribution in [3.05, 3.63) is 170 Å². The fraction of sp³-hybridized carbons (Fsp3) is 0. The third kappa shape index (κ3) is 4.60. The molecule has 0 atom stereocenters. The average molecular weight is 641 g/mol. The smallest absolute Gasteiger partial charge is 0.164 e. The maximum Gasteiger partial charge on any atom is 0.164 e. The summed E-state index contributed by atoms with van der Waals surface area (Å²) in [6, 6.07) is 58.6. The molecule has 5 heteroatoms. The first-order valence-corrected chi connectivity index (χ1v) is 16.7. The number of fused-ring (bicyclic) bond motifs is 6. The first kappa shape index (κ1) is 28.2. The van der Waals surface area contributed by atoms with Gasteiger partial charge in [0.1, 0.15) is 11.2 Å². The van der Waals surface area contributed by atoms with Gasteiger partial charge in [-0.2, -0.15) is 0 Å². The van der Waals surface area contributed by atoms with Gasteiger partial charge in [-0.15, -0.1) is 0 Å². The number of hydrogen-bond donors (Lipinski definition) is 0. The molecule has 234 valence electrons. The monoisotopic (exact) mass is 640 g/mol. The lowest BCUT2D eigenvalue weighted by molar-refractivity contribution is 0.669. The zero-order chi connectivity index (χ0) is 33.0. The van der Waals surface area contributed by atoms with E-state index in [1.165, 1.54) is 0 Å². The third-order valence-corrected chi connectivity index (χ3v) is 9.45. The van der Waals surface area contributed by atoms with Gasteiger partial charge in [-0.3, -0.25) is 0 Å². The summed E-state index contributed by atoms with van der Waals surface area (Å²) in [5, 5.41) is 4.48. The molecule has 3 aromatic heterocycles. The molecule has 0 aliphatic carbocycles. The number of furan rings is 1. The van der Waals surface area contributed by atoms with Crippen molar-refractivity contribution < 1.29 is 4.42 Å². The lowest BCUT2D eigenvalue weighted by Gasteiger charge is -2.11. The predicted octanol–water partition coefficient (Wildman–Crippen LogP) is 11.5. The van der Waals surface area contributed by atoms with Crippen molar-refractivity contribution in [2.75, 3.05) is 0 Å². The summed E-state index contributed by atoms with van der Waals surface area (Å²) < 4.78 is 8.46. The number of aromatic nitrogens is 4. The number of benzene rings is 7. The summed E-state index contributed by atoms with van der Waals surface area (Å²) in [5.41, 5.74) is 10.2. The standard InChI is InChI=1S/C45H28N4O/c1-3-13-29(14-4-1)43-46-44(30-15-5-2-6-16-30)48-45(47-43)36-21-12-23-39-42(36)35-20-7-9-22-38(35)49(39)33-18-11-17-31(27-33)32-25-26-41-37(28-32)34-19-8-10-24-40(34)50-41/h1-28H. The van der Waals surface area contributed by atoms with Crippen LogP contribution in [0.3, 0.4) is 0 Å². The van der Waals surface area contributed by atoms with Crippen LogP contribution in [0, 0.1) is 0 Å². The molecule has 3 heterocycles. The van der Waals surface area contributed by atoms with Crippen LogP contribution in [-0.2, 0) is 0 Å². The fourth-order valence-corrected chi connectivity index (χ4v) is 7.14. The van der Waals surface area contributed by atoms with Gasteiger partial charge in [-0.05, 0) is 53.6 Å². The van der Waals surface area contributed by atoms with Gasteiger partial charge in [-0.1, -0.05) is 127 Å². The Kier molecular flexibility index (Phi) is 6.42. The van der Waals surface area contributed by atoms with Crippen molar-refractivity contribution in [3.8, 4) is 51.0 Å². The van der Waals surface area contributed by atoms with E-state index < -0.39 is 0 Å². The Morgan fingerprint density at radius 3 is 1.74 bits per heavy atom. The predicted molar refractivity (Wildman–Crippen MR) is 203 cm³/mol. The molecular weight excluding hydrogens is 613 g/mol. The molecule has 0 aliphatic heterocycles. The minimum atomic E-state index is 0.639. The second-order valence-electron chi connectivity index (χ2n) is 12.5. The van der Waals surface area contributed by atoms with E-state index in [4.69, 9.17) is 19.4 Å². The summed E-state index contributed by atoms with van der Waals surface area (Å²) in [6.45, 7) is 0. The molecular formula is C45H28N4O. The lowest BCUT2D eigenvalue weighted by atomic mass is 10.0. The zero-order valence-electron chi connectivity index (χ0n) is 26.9. The second-order valence-corrected chi connectivity index (χ2v) is 12.5. The van der Waals surface area contributed by atoms with Crippen LogP contribution >= 0.6 is 0 Å². The molecule has 0 aliphatic rings. The van der Waals surface area contributed by atoms with E-state index in [-0.39, 0.29) is 0 Å². The van der Waals surface area contributed by atoms with Crippen molar-refractivity contribution in [1.29, 1.82) is 0 Å². The van der Waals surface area contributed by atoms with Gasteiger partial charge >= 0.3 is 0 Å². The Balaban J connectivity index is 1.17. The molecule has 5 nitrogen and oxygen atoms in total. The highest BCUT2D eigenvalue weighted by Crippen LogP contribution is 2.39. The van der Waals surface area contributed by atoms with Crippen molar-refractivity contribution in [2.45, 2.75) is 0 Å². The van der Waals surface area contributed by atoms with Crippen LogP contribution in [0.5, 0.6) is 0 Å². The molecule has 0 N–H and O–H groups in total. The molecule has 0 fully saturated rings. The summed E-state index contributed by atoms with van der Waals surface area (Å²) >= 11 is 0. The van der Waals surface area contributed by atoms with Gasteiger partial charge in [0.15, 0.2) is 17.5 Å². The van der Waals surface area contributed by atoms with Gasteiger partial charge < -0.3 is 8.98 Å². The quantitative estimate of drug-likeness (QED) is 0.188. The highest BCUT2D eigenvalue weighted by Gasteiger charge is 2.20. The van der Waals surface area contributed by atoms with Crippen LogP contribution in [0.1, 0.15) is 0 Å². The number of para-hydroxylation sites is 2. The molecule has 10 aromatic rings. The van der Waals surface area contributed by atoms with Gasteiger partial charge in [0.2, 0.25) is 0 Å². The maximum absolute atomic E-state index is 6.12. The van der Waals surface area contributed by atoms with E-state index in [9.17, 15) is 0 Å². The van der Waals surface area contributed by atoms with Crippen LogP contribution in [-0.4, -0.2) is 19.5 Å². The SMILES string of the molecule is c1ccc(-c2nc(-c3ccccc3)nc(-c3cccc4c3c3ccccc3n4-c3cccc(-c4ccc5oc6ccccc6c5c4)c3)n2)cc1. The van der Waals surface area contributed by atoms with Crippen LogP contribution in [0.2, 0.25) is 0 Å². The second kappa shape index (κ2) is 11.4. The topological polar surface area (TPSA) is 56.7 Å². The van der Waals surface area contributed by atoms with E-state index in [2.05, 4.69) is 102 Å². The van der Waals surface area contributed by atoms with Crippen molar-refractivity contribution in [3.63, 3.8) is 0 Å². The number of nitrogens with zero attached hydrogens (tertiary/aromatic N) is 4. The summed E-state index contributed by atoms with van der Waals surface area (Å²) in [6.07, 6.45) is 0. The van der Waals surface area contributed by atoms with E-state index in [1.54, 1.807) is 0 Å². The van der Waals surface area contributed by atoms with E-state index in [1.807, 2.05) is 72.8 Å². The lowest BCUT2D eigenvalue weighted by Crippen LogP contribution is -2.00. The number of hydrogen-bond acceptors (Lipinski definition) is 4. The third-order valence-electron chi connectivity index (χ3n) is 9.45. The van der Waals surface area contributed by atoms with Gasteiger partial charge in [-0.25, -0.2) is 15.0 Å². The summed E-state index contributed by atoms with van der Waals surface area (Å²) in [5.74, 6) is 1.93. The van der Waals surface area contributed by atoms with Crippen molar-refractivity contribution in [1.82, 2.24) is 19.5 Å². The Bertz CT molecular complexity index is 2810. The number of rotatable bonds is 5. The zero-order valence-corrected chi connectivity index (χ0v) is 26.9. The normalized spacial score (nSPS) is 11.6. The highest BCUT2D eigenvalue weighted by molar-refractivity contribution is 6.15. The van der Waals surface area contributed by atoms with E-state index in [0.717, 1.165) is 77.2 Å². The average Bonchev–Trinajstić information content (AvgIpc) is 3.74. The maximum atomic E-state index is 6.12. The minimum Gasteiger partial charge on any atom is -0.456 e. The van der Waals surface area contributed by atoms with Gasteiger partial charge in [0.05, 0.1) is 11.0 Å². The Hall–Kier alpha value is -6.85.